The molecule has 0 unspecified atom stereocenters. The molecule has 6 aromatic rings. The molecule has 4 amide bonds. The minimum Gasteiger partial charge on any atom is -0.369 e. The molecule has 4 aromatic heterocycles. The van der Waals surface area contributed by atoms with E-state index < -0.39 is 0 Å². The minimum atomic E-state index is -0.111. The Hall–Kier alpha value is -7.38. The molecule has 0 radical (unpaired) electrons. The van der Waals surface area contributed by atoms with E-state index in [9.17, 15) is 9.59 Å². The average Bonchev–Trinajstić information content (AvgIpc) is 4.12. The second-order valence-electron chi connectivity index (χ2n) is 16.5. The molecule has 65 heavy (non-hydrogen) atoms. The second-order valence-corrected chi connectivity index (χ2v) is 17.4. The Balaban J connectivity index is 0.000000148. The topological polar surface area (TPSA) is 178 Å². The van der Waals surface area contributed by atoms with Crippen LogP contribution in [0.15, 0.2) is 102 Å². The van der Waals surface area contributed by atoms with E-state index in [1.54, 1.807) is 27.4 Å². The van der Waals surface area contributed by atoms with E-state index in [-0.39, 0.29) is 36.1 Å². The van der Waals surface area contributed by atoms with Gasteiger partial charge >= 0.3 is 12.1 Å². The average molecular weight is 938 g/mol. The first-order valence-electron chi connectivity index (χ1n) is 21.5. The van der Waals surface area contributed by atoms with Crippen LogP contribution in [-0.2, 0) is 0 Å². The minimum absolute atomic E-state index is 0.0928. The summed E-state index contributed by atoms with van der Waals surface area (Å²) >= 11 is 3.39. The van der Waals surface area contributed by atoms with Crippen molar-refractivity contribution in [3.05, 3.63) is 113 Å². The molecule has 10 rings (SSSR count). The number of nitrogens with one attached hydrogen (secondary N) is 1. The Morgan fingerprint density at radius 1 is 0.692 bits per heavy atom. The van der Waals surface area contributed by atoms with Gasteiger partial charge in [-0.2, -0.15) is 5.26 Å². The molecular weight excluding hydrogens is 889 g/mol. The van der Waals surface area contributed by atoms with Crippen molar-refractivity contribution in [1.82, 2.24) is 44.8 Å². The fourth-order valence-corrected chi connectivity index (χ4v) is 7.96. The summed E-state index contributed by atoms with van der Waals surface area (Å²) in [7, 11) is 0. The number of urea groups is 2. The van der Waals surface area contributed by atoms with Gasteiger partial charge in [-0.15, -0.1) is 20.4 Å². The molecule has 0 saturated carbocycles. The van der Waals surface area contributed by atoms with Gasteiger partial charge in [0.25, 0.3) is 6.04 Å². The van der Waals surface area contributed by atoms with Crippen molar-refractivity contribution in [1.29, 1.82) is 5.26 Å². The standard InChI is InChI=1S/C23H24N8O.C13H16N6O.C10H9BrN2/c1-16(2)31-15-25-27-22(31)20-5-4-6-21(26-20)30-12-11-29(23(30)32)19-9-7-18(8-10-19)28-13-17(14-28)24-3;1-9(2)19-8-15-17-12(19)10-4-3-5-11(16-10)18-7-6-14-13(18)20;11-9-1-3-10(4-2-9)13-6-8(5-12)7-13/h4-10,15-17H,11-14H2,1-2H3;3-5,8-9H,6-7H2,1-2H3,(H,14,20);1-4,8H,6-7H2. The van der Waals surface area contributed by atoms with Gasteiger partial charge in [-0.3, -0.25) is 14.7 Å². The highest BCUT2D eigenvalue weighted by Crippen LogP contribution is 2.30. The van der Waals surface area contributed by atoms with Crippen LogP contribution in [0.4, 0.5) is 38.3 Å². The smallest absolute Gasteiger partial charge is 0.330 e. The molecule has 4 aliphatic rings. The third-order valence-corrected chi connectivity index (χ3v) is 12.0. The van der Waals surface area contributed by atoms with Gasteiger partial charge in [0.1, 0.15) is 35.7 Å². The summed E-state index contributed by atoms with van der Waals surface area (Å²) in [5, 5.41) is 27.7. The van der Waals surface area contributed by atoms with Crippen LogP contribution < -0.4 is 29.8 Å². The number of rotatable bonds is 9. The highest BCUT2D eigenvalue weighted by Gasteiger charge is 2.34. The Morgan fingerprint density at radius 2 is 1.20 bits per heavy atom. The number of benzene rings is 2. The lowest BCUT2D eigenvalue weighted by atomic mass is 10.0. The molecule has 0 bridgehead atoms. The van der Waals surface area contributed by atoms with Crippen LogP contribution in [0.3, 0.4) is 0 Å². The maximum absolute atomic E-state index is 13.2. The maximum atomic E-state index is 13.2. The lowest BCUT2D eigenvalue weighted by Gasteiger charge is -2.37. The number of carbonyl (C=O) groups excluding carboxylic acids is 2. The summed E-state index contributed by atoms with van der Waals surface area (Å²) in [5.41, 5.74) is 4.56. The van der Waals surface area contributed by atoms with Crippen molar-refractivity contribution in [2.75, 3.05) is 76.9 Å². The van der Waals surface area contributed by atoms with E-state index in [0.717, 1.165) is 42.0 Å². The van der Waals surface area contributed by atoms with E-state index in [0.29, 0.717) is 60.9 Å². The van der Waals surface area contributed by atoms with Crippen LogP contribution in [0, 0.1) is 23.8 Å². The molecule has 332 valence electrons. The molecule has 19 heteroatoms. The van der Waals surface area contributed by atoms with Gasteiger partial charge in [-0.1, -0.05) is 28.1 Å². The van der Waals surface area contributed by atoms with Crippen LogP contribution in [0.25, 0.3) is 27.9 Å². The van der Waals surface area contributed by atoms with Crippen molar-refractivity contribution in [3.63, 3.8) is 0 Å². The maximum Gasteiger partial charge on any atom is 0.330 e. The van der Waals surface area contributed by atoms with Gasteiger partial charge in [-0.25, -0.2) is 26.1 Å². The number of halogens is 1. The van der Waals surface area contributed by atoms with Crippen molar-refractivity contribution >= 4 is 56.7 Å². The number of hydrogen-bond donors (Lipinski definition) is 1. The molecule has 4 fully saturated rings. The van der Waals surface area contributed by atoms with Crippen LogP contribution in [0.5, 0.6) is 0 Å². The number of hydrogen-bond acceptors (Lipinski definition) is 11. The number of nitrogens with zero attached hydrogens (tertiary/aromatic N) is 15. The van der Waals surface area contributed by atoms with Gasteiger partial charge in [0.2, 0.25) is 0 Å². The van der Waals surface area contributed by atoms with E-state index in [1.165, 1.54) is 5.69 Å². The van der Waals surface area contributed by atoms with E-state index in [1.807, 2.05) is 81.9 Å². The fraction of sp³-hybridized carbons (Fsp3) is 0.348. The highest BCUT2D eigenvalue weighted by atomic mass is 79.9. The van der Waals surface area contributed by atoms with Crippen LogP contribution in [0.1, 0.15) is 39.8 Å². The summed E-state index contributed by atoms with van der Waals surface area (Å²) in [6.45, 7) is 21.1. The first-order chi connectivity index (χ1) is 31.5. The van der Waals surface area contributed by atoms with Crippen LogP contribution in [-0.4, -0.2) is 110 Å². The number of aromatic nitrogens is 8. The summed E-state index contributed by atoms with van der Waals surface area (Å²) in [4.78, 5) is 47.2. The number of anilines is 5. The van der Waals surface area contributed by atoms with Crippen molar-refractivity contribution in [2.45, 2.75) is 45.8 Å². The highest BCUT2D eigenvalue weighted by molar-refractivity contribution is 9.10. The first-order valence-corrected chi connectivity index (χ1v) is 22.3. The fourth-order valence-electron chi connectivity index (χ4n) is 7.70. The summed E-state index contributed by atoms with van der Waals surface area (Å²) in [6.07, 6.45) is 3.39. The molecule has 18 nitrogen and oxygen atoms in total. The number of amides is 4. The zero-order valence-corrected chi connectivity index (χ0v) is 38.2. The molecule has 0 atom stereocenters. The Bertz CT molecular complexity index is 2690. The molecule has 1 N–H and O–H groups in total. The molecule has 8 heterocycles. The zero-order valence-electron chi connectivity index (χ0n) is 36.6. The second kappa shape index (κ2) is 19.6. The number of carbonyl (C=O) groups is 2. The zero-order chi connectivity index (χ0) is 45.6. The SMILES string of the molecule is CC(C)n1cnnc1-c1cccc(N2CCNC2=O)n1.N#CC1CN(c2ccc(Br)cc2)C1.[C-]#[N+]C1CN(c2ccc(N3CCN(c4cccc(-c5nncn5C(C)C)n4)C3=O)cc2)C1. The molecule has 0 aliphatic carbocycles. The molecule has 4 saturated heterocycles. The van der Waals surface area contributed by atoms with E-state index in [4.69, 9.17) is 16.8 Å². The summed E-state index contributed by atoms with van der Waals surface area (Å²) < 4.78 is 5.01. The number of pyridine rings is 2. The van der Waals surface area contributed by atoms with Gasteiger partial charge in [0.15, 0.2) is 11.6 Å². The summed E-state index contributed by atoms with van der Waals surface area (Å²) in [5.74, 6) is 2.86. The lowest BCUT2D eigenvalue weighted by molar-refractivity contribution is 0.252. The monoisotopic (exact) mass is 936 g/mol. The molecule has 4 aliphatic heterocycles. The Morgan fingerprint density at radius 3 is 1.71 bits per heavy atom. The molecule has 0 spiro atoms. The summed E-state index contributed by atoms with van der Waals surface area (Å²) in [6, 6.07) is 30.0. The van der Waals surface area contributed by atoms with Crippen LogP contribution >= 0.6 is 15.9 Å². The lowest BCUT2D eigenvalue weighted by Crippen LogP contribution is -2.49. The largest absolute Gasteiger partial charge is 0.369 e. The van der Waals surface area contributed by atoms with E-state index in [2.05, 4.69) is 107 Å². The molecular formula is C46H49BrN16O2. The predicted octanol–water partition coefficient (Wildman–Crippen LogP) is 7.33. The Labute approximate surface area is 386 Å². The van der Waals surface area contributed by atoms with Crippen molar-refractivity contribution in [3.8, 4) is 29.1 Å². The van der Waals surface area contributed by atoms with E-state index >= 15 is 0 Å². The van der Waals surface area contributed by atoms with Crippen LogP contribution in [0.2, 0.25) is 0 Å². The van der Waals surface area contributed by atoms with Gasteiger partial charge in [0, 0.05) is 72.9 Å². The third-order valence-electron chi connectivity index (χ3n) is 11.4. The van der Waals surface area contributed by atoms with Gasteiger partial charge in [-0.05, 0) is 100 Å². The molecule has 2 aromatic carbocycles. The third kappa shape index (κ3) is 9.75. The quantitative estimate of drug-likeness (QED) is 0.144. The normalized spacial score (nSPS) is 16.0. The Kier molecular flexibility index (Phi) is 13.3. The predicted molar refractivity (Wildman–Crippen MR) is 253 cm³/mol. The van der Waals surface area contributed by atoms with Gasteiger partial charge in [0.05, 0.1) is 25.1 Å². The van der Waals surface area contributed by atoms with Gasteiger partial charge < -0.3 is 29.1 Å². The number of nitriles is 1. The first kappa shape index (κ1) is 44.2. The van der Waals surface area contributed by atoms with Crippen molar-refractivity contribution < 1.29 is 9.59 Å². The van der Waals surface area contributed by atoms with Crippen molar-refractivity contribution in [2.24, 2.45) is 5.92 Å².